The van der Waals surface area contributed by atoms with E-state index in [4.69, 9.17) is 0 Å². The maximum absolute atomic E-state index is 4.44. The van der Waals surface area contributed by atoms with E-state index < -0.39 is 0 Å². The highest BCUT2D eigenvalue weighted by atomic mass is 15.3. The minimum Gasteiger partial charge on any atom is -0.307 e. The summed E-state index contributed by atoms with van der Waals surface area (Å²) in [6.07, 6.45) is 9.89. The molecule has 1 heterocycles. The molecule has 3 heteroatoms. The minimum absolute atomic E-state index is 0.458. The summed E-state index contributed by atoms with van der Waals surface area (Å²) in [5.74, 6) is 0. The van der Waals surface area contributed by atoms with Gasteiger partial charge in [-0.2, -0.15) is 5.10 Å². The minimum atomic E-state index is 0.458. The van der Waals surface area contributed by atoms with Gasteiger partial charge in [-0.3, -0.25) is 4.68 Å². The number of aromatic nitrogens is 2. The topological polar surface area (TPSA) is 29.9 Å². The van der Waals surface area contributed by atoms with Gasteiger partial charge in [-0.25, -0.2) is 0 Å². The molecular formula is C15H25N3. The van der Waals surface area contributed by atoms with Crippen LogP contribution in [0.1, 0.15) is 63.3 Å². The number of rotatable bonds is 2. The van der Waals surface area contributed by atoms with Crippen LogP contribution in [0.3, 0.4) is 0 Å². The lowest BCUT2D eigenvalue weighted by molar-refractivity contribution is 0.252. The molecule has 100 valence electrons. The van der Waals surface area contributed by atoms with E-state index in [2.05, 4.69) is 42.2 Å². The quantitative estimate of drug-likeness (QED) is 0.870. The van der Waals surface area contributed by atoms with Crippen LogP contribution in [0, 0.1) is 5.41 Å². The van der Waals surface area contributed by atoms with Crippen LogP contribution < -0.4 is 5.32 Å². The zero-order valence-corrected chi connectivity index (χ0v) is 11.9. The zero-order chi connectivity index (χ0) is 12.8. The van der Waals surface area contributed by atoms with Crippen LogP contribution in [0.25, 0.3) is 0 Å². The van der Waals surface area contributed by atoms with Crippen molar-refractivity contribution in [2.45, 2.75) is 64.5 Å². The van der Waals surface area contributed by atoms with Gasteiger partial charge in [-0.05, 0) is 37.5 Å². The molecule has 3 rings (SSSR count). The van der Waals surface area contributed by atoms with E-state index in [1.165, 1.54) is 49.8 Å². The lowest BCUT2D eigenvalue weighted by Crippen LogP contribution is -2.41. The van der Waals surface area contributed by atoms with E-state index >= 15 is 0 Å². The van der Waals surface area contributed by atoms with Crippen LogP contribution in [0.2, 0.25) is 0 Å². The van der Waals surface area contributed by atoms with Crippen molar-refractivity contribution >= 4 is 0 Å². The molecule has 0 saturated heterocycles. The van der Waals surface area contributed by atoms with Crippen LogP contribution in [0.5, 0.6) is 0 Å². The smallest absolute Gasteiger partial charge is 0.0540 e. The van der Waals surface area contributed by atoms with Crippen LogP contribution in [0.4, 0.5) is 0 Å². The van der Waals surface area contributed by atoms with Gasteiger partial charge in [0.15, 0.2) is 0 Å². The summed E-state index contributed by atoms with van der Waals surface area (Å²) in [7, 11) is 2.07. The maximum Gasteiger partial charge on any atom is 0.0540 e. The molecule has 1 N–H and O–H groups in total. The molecule has 0 bridgehead atoms. The molecule has 3 nitrogen and oxygen atoms in total. The summed E-state index contributed by atoms with van der Waals surface area (Å²) in [6, 6.07) is 1.21. The van der Waals surface area contributed by atoms with Crippen molar-refractivity contribution in [3.63, 3.8) is 0 Å². The molecule has 0 aliphatic heterocycles. The third-order valence-electron chi connectivity index (χ3n) is 5.04. The molecular weight excluding hydrogens is 222 g/mol. The summed E-state index contributed by atoms with van der Waals surface area (Å²) in [6.45, 7) is 4.81. The van der Waals surface area contributed by atoms with Gasteiger partial charge in [0.2, 0.25) is 0 Å². The Hall–Kier alpha value is -0.830. The van der Waals surface area contributed by atoms with Crippen molar-refractivity contribution in [3.8, 4) is 0 Å². The van der Waals surface area contributed by atoms with Gasteiger partial charge < -0.3 is 5.32 Å². The number of nitrogens with zero attached hydrogens (tertiary/aromatic N) is 2. The standard InChI is InChI=1S/C15H25N3/c1-15(2)9-5-8-14(15)17-12-6-4-7-13-11(12)10-16-18(13)3/h10,12,14,17H,4-9H2,1-3H3. The van der Waals surface area contributed by atoms with Gasteiger partial charge >= 0.3 is 0 Å². The van der Waals surface area contributed by atoms with Crippen LogP contribution in [-0.2, 0) is 13.5 Å². The first-order valence-corrected chi connectivity index (χ1v) is 7.35. The second kappa shape index (κ2) is 4.37. The lowest BCUT2D eigenvalue weighted by atomic mass is 9.85. The largest absolute Gasteiger partial charge is 0.307 e. The fourth-order valence-corrected chi connectivity index (χ4v) is 3.76. The Labute approximate surface area is 110 Å². The van der Waals surface area contributed by atoms with Crippen molar-refractivity contribution in [2.75, 3.05) is 0 Å². The van der Waals surface area contributed by atoms with Crippen molar-refractivity contribution in [1.29, 1.82) is 0 Å². The fraction of sp³-hybridized carbons (Fsp3) is 0.800. The fourth-order valence-electron chi connectivity index (χ4n) is 3.76. The summed E-state index contributed by atoms with van der Waals surface area (Å²) in [5, 5.41) is 8.36. The number of hydrogen-bond donors (Lipinski definition) is 1. The second-order valence-electron chi connectivity index (χ2n) is 6.72. The van der Waals surface area contributed by atoms with E-state index in [0.29, 0.717) is 17.5 Å². The highest BCUT2D eigenvalue weighted by Gasteiger charge is 2.36. The summed E-state index contributed by atoms with van der Waals surface area (Å²) in [4.78, 5) is 0. The highest BCUT2D eigenvalue weighted by Crippen LogP contribution is 2.40. The Kier molecular flexibility index (Phi) is 2.97. The normalized spacial score (nSPS) is 30.4. The van der Waals surface area contributed by atoms with Gasteiger partial charge in [-0.1, -0.05) is 20.3 Å². The lowest BCUT2D eigenvalue weighted by Gasteiger charge is -2.33. The molecule has 1 aromatic rings. The predicted octanol–water partition coefficient (Wildman–Crippen LogP) is 2.97. The third-order valence-corrected chi connectivity index (χ3v) is 5.04. The molecule has 1 fully saturated rings. The van der Waals surface area contributed by atoms with E-state index in [-0.39, 0.29) is 0 Å². The van der Waals surface area contributed by atoms with Crippen molar-refractivity contribution in [2.24, 2.45) is 12.5 Å². The molecule has 0 aromatic carbocycles. The Morgan fingerprint density at radius 3 is 2.89 bits per heavy atom. The SMILES string of the molecule is Cn1ncc2c1CCCC2NC1CCCC1(C)C. The monoisotopic (exact) mass is 247 g/mol. The van der Waals surface area contributed by atoms with Crippen molar-refractivity contribution in [3.05, 3.63) is 17.5 Å². The summed E-state index contributed by atoms with van der Waals surface area (Å²) in [5.41, 5.74) is 3.35. The number of hydrogen-bond acceptors (Lipinski definition) is 2. The van der Waals surface area contributed by atoms with Gasteiger partial charge in [-0.15, -0.1) is 0 Å². The summed E-state index contributed by atoms with van der Waals surface area (Å²) >= 11 is 0. The second-order valence-corrected chi connectivity index (χ2v) is 6.72. The van der Waals surface area contributed by atoms with Crippen molar-refractivity contribution in [1.82, 2.24) is 15.1 Å². The molecule has 1 saturated carbocycles. The molecule has 2 aliphatic carbocycles. The molecule has 0 radical (unpaired) electrons. The molecule has 0 amide bonds. The van der Waals surface area contributed by atoms with E-state index in [1.807, 2.05) is 0 Å². The van der Waals surface area contributed by atoms with Gasteiger partial charge in [0, 0.05) is 30.4 Å². The maximum atomic E-state index is 4.44. The Morgan fingerprint density at radius 1 is 1.33 bits per heavy atom. The molecule has 2 unspecified atom stereocenters. The van der Waals surface area contributed by atoms with E-state index in [0.717, 1.165) is 0 Å². The van der Waals surface area contributed by atoms with E-state index in [1.54, 1.807) is 0 Å². The molecule has 2 aliphatic rings. The third kappa shape index (κ3) is 1.99. The number of aryl methyl sites for hydroxylation is 1. The number of nitrogens with one attached hydrogen (secondary N) is 1. The van der Waals surface area contributed by atoms with Gasteiger partial charge in [0.1, 0.15) is 0 Å². The average Bonchev–Trinajstić information content (AvgIpc) is 2.85. The molecule has 2 atom stereocenters. The first-order valence-electron chi connectivity index (χ1n) is 7.35. The first kappa shape index (κ1) is 12.2. The first-order chi connectivity index (χ1) is 8.58. The van der Waals surface area contributed by atoms with Crippen molar-refractivity contribution < 1.29 is 0 Å². The summed E-state index contributed by atoms with van der Waals surface area (Å²) < 4.78 is 2.06. The van der Waals surface area contributed by atoms with E-state index in [9.17, 15) is 0 Å². The molecule has 18 heavy (non-hydrogen) atoms. The Bertz CT molecular complexity index is 433. The Morgan fingerprint density at radius 2 is 2.17 bits per heavy atom. The molecule has 1 aromatic heterocycles. The zero-order valence-electron chi connectivity index (χ0n) is 11.9. The van der Waals surface area contributed by atoms with Gasteiger partial charge in [0.05, 0.1) is 6.20 Å². The predicted molar refractivity (Wildman–Crippen MR) is 73.4 cm³/mol. The van der Waals surface area contributed by atoms with Crippen LogP contribution in [0.15, 0.2) is 6.20 Å². The number of fused-ring (bicyclic) bond motifs is 1. The Balaban J connectivity index is 1.78. The average molecular weight is 247 g/mol. The van der Waals surface area contributed by atoms with Crippen LogP contribution in [-0.4, -0.2) is 15.8 Å². The highest BCUT2D eigenvalue weighted by molar-refractivity contribution is 5.25. The van der Waals surface area contributed by atoms with Gasteiger partial charge in [0.25, 0.3) is 0 Å². The molecule has 0 spiro atoms. The van der Waals surface area contributed by atoms with Crippen LogP contribution >= 0.6 is 0 Å².